The van der Waals surface area contributed by atoms with E-state index in [0.29, 0.717) is 19.3 Å². The largest absolute Gasteiger partial charge is 0.462 e. The normalized spacial score (nSPS) is 12.8. The molecule has 1 atom stereocenters. The Labute approximate surface area is 463 Å². The van der Waals surface area contributed by atoms with Gasteiger partial charge in [0.15, 0.2) is 6.10 Å². The van der Waals surface area contributed by atoms with Crippen molar-refractivity contribution in [2.45, 2.75) is 297 Å². The van der Waals surface area contributed by atoms with Crippen LogP contribution in [0.4, 0.5) is 0 Å². The Hall–Kier alpha value is -3.93. The second kappa shape index (κ2) is 62.6. The molecule has 0 bridgehead atoms. The third-order valence-electron chi connectivity index (χ3n) is 13.2. The standard InChI is InChI=1S/C69H116O6/c1-4-7-10-13-16-19-22-25-28-30-31-32-33-34-35-36-37-39-41-44-47-50-53-56-59-62-68(71)74-65-66(64-73-67(70)61-58-55-52-49-46-43-40-27-24-21-18-15-12-9-6-3)75-69(72)63-60-57-54-51-48-45-42-38-29-26-23-20-17-14-11-8-5-2/h7,9-10,12,16,18-19,21,25-29,31-32,34-35,40,66H,4-6,8,11,13-15,17,20,22-24,30,33,36-39,41-65H2,1-3H3/b10-7-,12-9-,19-16-,21-18-,28-25-,29-26-,32-31-,35-34-,40-27-. The van der Waals surface area contributed by atoms with Crippen LogP contribution in [0.2, 0.25) is 0 Å². The monoisotopic (exact) mass is 1040 g/mol. The first-order chi connectivity index (χ1) is 37.0. The molecule has 0 aliphatic heterocycles. The van der Waals surface area contributed by atoms with Gasteiger partial charge in [-0.15, -0.1) is 0 Å². The van der Waals surface area contributed by atoms with Crippen molar-refractivity contribution in [2.75, 3.05) is 13.2 Å². The van der Waals surface area contributed by atoms with E-state index in [1.807, 2.05) is 0 Å². The van der Waals surface area contributed by atoms with Crippen LogP contribution in [-0.4, -0.2) is 37.2 Å². The first kappa shape index (κ1) is 71.1. The Morgan fingerprint density at radius 3 is 0.827 bits per heavy atom. The number of allylic oxidation sites excluding steroid dienone is 18. The molecule has 6 nitrogen and oxygen atoms in total. The molecule has 1 unspecified atom stereocenters. The highest BCUT2D eigenvalue weighted by Crippen LogP contribution is 2.15. The topological polar surface area (TPSA) is 78.9 Å². The maximum Gasteiger partial charge on any atom is 0.306 e. The Balaban J connectivity index is 4.38. The summed E-state index contributed by atoms with van der Waals surface area (Å²) < 4.78 is 16.9. The van der Waals surface area contributed by atoms with Crippen molar-refractivity contribution in [2.24, 2.45) is 0 Å². The predicted octanol–water partition coefficient (Wildman–Crippen LogP) is 21.4. The van der Waals surface area contributed by atoms with Crippen LogP contribution in [0.25, 0.3) is 0 Å². The third-order valence-corrected chi connectivity index (χ3v) is 13.2. The zero-order chi connectivity index (χ0) is 54.3. The van der Waals surface area contributed by atoms with Gasteiger partial charge in [-0.05, 0) is 122 Å². The molecule has 0 saturated heterocycles. The molecular weight excluding hydrogens is 925 g/mol. The SMILES string of the molecule is CC/C=C\C/C=C\C/C=C\C/C=C\C/C=C\CCCCCCCCCCCC(=O)OCC(COC(=O)CCCCCCC/C=C\C/C=C\C/C=C\CC)OC(=O)CCCCCCCCC/C=C\CCCCCCCC. The molecule has 0 N–H and O–H groups in total. The maximum atomic E-state index is 12.9. The van der Waals surface area contributed by atoms with Gasteiger partial charge in [0.25, 0.3) is 0 Å². The molecule has 0 radical (unpaired) electrons. The minimum atomic E-state index is -0.793. The average Bonchev–Trinajstić information content (AvgIpc) is 3.41. The lowest BCUT2D eigenvalue weighted by Crippen LogP contribution is -2.30. The highest BCUT2D eigenvalue weighted by atomic mass is 16.6. The van der Waals surface area contributed by atoms with Gasteiger partial charge in [-0.1, -0.05) is 259 Å². The molecular formula is C69H116O6. The number of hydrogen-bond acceptors (Lipinski definition) is 6. The van der Waals surface area contributed by atoms with E-state index in [4.69, 9.17) is 14.2 Å². The second-order valence-corrected chi connectivity index (χ2v) is 20.5. The van der Waals surface area contributed by atoms with Crippen LogP contribution in [-0.2, 0) is 28.6 Å². The highest BCUT2D eigenvalue weighted by molar-refractivity contribution is 5.71. The molecule has 6 heteroatoms. The first-order valence-electron chi connectivity index (χ1n) is 31.4. The molecule has 0 spiro atoms. The number of hydrogen-bond donors (Lipinski definition) is 0. The Bertz CT molecular complexity index is 1520. The van der Waals surface area contributed by atoms with Crippen LogP contribution in [0.1, 0.15) is 290 Å². The lowest BCUT2D eigenvalue weighted by Gasteiger charge is -2.18. The molecule has 428 valence electrons. The van der Waals surface area contributed by atoms with Gasteiger partial charge in [0.1, 0.15) is 13.2 Å². The molecule has 0 aromatic carbocycles. The molecule has 75 heavy (non-hydrogen) atoms. The molecule has 0 aliphatic carbocycles. The van der Waals surface area contributed by atoms with Crippen LogP contribution >= 0.6 is 0 Å². The molecule has 0 amide bonds. The maximum absolute atomic E-state index is 12.9. The first-order valence-corrected chi connectivity index (χ1v) is 31.4. The van der Waals surface area contributed by atoms with E-state index in [9.17, 15) is 14.4 Å². The van der Waals surface area contributed by atoms with Gasteiger partial charge in [0.2, 0.25) is 0 Å². The summed E-state index contributed by atoms with van der Waals surface area (Å²) in [6.45, 7) is 6.41. The fourth-order valence-corrected chi connectivity index (χ4v) is 8.60. The molecule has 0 aromatic heterocycles. The number of ether oxygens (including phenoxy) is 3. The summed E-state index contributed by atoms with van der Waals surface area (Å²) in [5, 5.41) is 0. The van der Waals surface area contributed by atoms with Crippen LogP contribution in [0.3, 0.4) is 0 Å². The number of carbonyl (C=O) groups excluding carboxylic acids is 3. The van der Waals surface area contributed by atoms with Gasteiger partial charge in [-0.2, -0.15) is 0 Å². The van der Waals surface area contributed by atoms with E-state index >= 15 is 0 Å². The predicted molar refractivity (Wildman–Crippen MR) is 325 cm³/mol. The number of esters is 3. The van der Waals surface area contributed by atoms with Gasteiger partial charge in [0.05, 0.1) is 0 Å². The fraction of sp³-hybridized carbons (Fsp3) is 0.696. The quantitative estimate of drug-likeness (QED) is 0.0261. The van der Waals surface area contributed by atoms with Gasteiger partial charge >= 0.3 is 17.9 Å². The summed E-state index contributed by atoms with van der Waals surface area (Å²) in [6.07, 6.45) is 85.1. The van der Waals surface area contributed by atoms with E-state index in [1.165, 1.54) is 116 Å². The van der Waals surface area contributed by atoms with Gasteiger partial charge < -0.3 is 14.2 Å². The van der Waals surface area contributed by atoms with Crippen molar-refractivity contribution in [1.82, 2.24) is 0 Å². The van der Waals surface area contributed by atoms with Crippen LogP contribution in [0, 0.1) is 0 Å². The Morgan fingerprint density at radius 1 is 0.280 bits per heavy atom. The smallest absolute Gasteiger partial charge is 0.306 e. The van der Waals surface area contributed by atoms with Crippen molar-refractivity contribution in [3.05, 3.63) is 109 Å². The van der Waals surface area contributed by atoms with Crippen molar-refractivity contribution in [3.8, 4) is 0 Å². The zero-order valence-corrected chi connectivity index (χ0v) is 49.0. The average molecular weight is 1040 g/mol. The summed E-state index contributed by atoms with van der Waals surface area (Å²) in [4.78, 5) is 38.3. The third kappa shape index (κ3) is 60.8. The van der Waals surface area contributed by atoms with Gasteiger partial charge in [-0.25, -0.2) is 0 Å². The Kier molecular flexibility index (Phi) is 59.3. The summed E-state index contributed by atoms with van der Waals surface area (Å²) in [7, 11) is 0. The van der Waals surface area contributed by atoms with E-state index in [0.717, 1.165) is 135 Å². The second-order valence-electron chi connectivity index (χ2n) is 20.5. The van der Waals surface area contributed by atoms with Gasteiger partial charge in [-0.3, -0.25) is 14.4 Å². The summed E-state index contributed by atoms with van der Waals surface area (Å²) in [5.41, 5.74) is 0. The van der Waals surface area contributed by atoms with Crippen molar-refractivity contribution < 1.29 is 28.6 Å². The fourth-order valence-electron chi connectivity index (χ4n) is 8.60. The number of unbranched alkanes of at least 4 members (excludes halogenated alkanes) is 27. The van der Waals surface area contributed by atoms with Crippen molar-refractivity contribution in [1.29, 1.82) is 0 Å². The lowest BCUT2D eigenvalue weighted by atomic mass is 10.1. The number of carbonyl (C=O) groups is 3. The number of rotatable bonds is 56. The minimum Gasteiger partial charge on any atom is -0.462 e. The lowest BCUT2D eigenvalue weighted by molar-refractivity contribution is -0.167. The molecule has 0 saturated carbocycles. The van der Waals surface area contributed by atoms with Crippen molar-refractivity contribution in [3.63, 3.8) is 0 Å². The highest BCUT2D eigenvalue weighted by Gasteiger charge is 2.19. The summed E-state index contributed by atoms with van der Waals surface area (Å²) >= 11 is 0. The molecule has 0 aliphatic rings. The molecule has 0 aromatic rings. The molecule has 0 rings (SSSR count). The van der Waals surface area contributed by atoms with E-state index in [-0.39, 0.29) is 31.1 Å². The zero-order valence-electron chi connectivity index (χ0n) is 49.0. The summed E-state index contributed by atoms with van der Waals surface area (Å²) in [5.74, 6) is -0.910. The molecule has 0 fully saturated rings. The van der Waals surface area contributed by atoms with Crippen molar-refractivity contribution >= 4 is 17.9 Å². The van der Waals surface area contributed by atoms with E-state index < -0.39 is 6.10 Å². The van der Waals surface area contributed by atoms with Crippen LogP contribution in [0.5, 0.6) is 0 Å². The minimum absolute atomic E-state index is 0.0891. The molecule has 0 heterocycles. The van der Waals surface area contributed by atoms with E-state index in [2.05, 4.69) is 130 Å². The van der Waals surface area contributed by atoms with Crippen LogP contribution < -0.4 is 0 Å². The van der Waals surface area contributed by atoms with Gasteiger partial charge in [0, 0.05) is 19.3 Å². The Morgan fingerprint density at radius 2 is 0.520 bits per heavy atom. The summed E-state index contributed by atoms with van der Waals surface area (Å²) in [6, 6.07) is 0. The van der Waals surface area contributed by atoms with Crippen LogP contribution in [0.15, 0.2) is 109 Å². The van der Waals surface area contributed by atoms with E-state index in [1.54, 1.807) is 0 Å².